The molecule has 1 rings (SSSR count). The molecule has 0 amide bonds. The van der Waals surface area contributed by atoms with Crippen molar-refractivity contribution in [1.29, 1.82) is 0 Å². The molecule has 12 nitrogen and oxygen atoms in total. The maximum atomic E-state index is 8.22. The largest absolute Gasteiger partial charge is 0.162 e. The van der Waals surface area contributed by atoms with Crippen LogP contribution in [0.1, 0.15) is 0 Å². The normalized spacial score (nSPS) is 8.00. The Balaban J connectivity index is 3.53. The summed E-state index contributed by atoms with van der Waals surface area (Å²) in [6.07, 6.45) is 0. The van der Waals surface area contributed by atoms with Crippen molar-refractivity contribution in [1.82, 2.24) is 15.4 Å². The zero-order valence-electron chi connectivity index (χ0n) is 6.87. The number of azide groups is 3. The lowest BCUT2D eigenvalue weighted by Gasteiger charge is -1.96. The summed E-state index contributed by atoms with van der Waals surface area (Å²) in [7, 11) is 0. The van der Waals surface area contributed by atoms with E-state index in [0.29, 0.717) is 0 Å². The summed E-state index contributed by atoms with van der Waals surface area (Å²) in [6.45, 7) is 0. The van der Waals surface area contributed by atoms with E-state index in [9.17, 15) is 0 Å². The molecule has 0 N–H and O–H groups in total. The monoisotopic (exact) mass is 204 g/mol. The first-order chi connectivity index (χ1) is 7.33. The summed E-state index contributed by atoms with van der Waals surface area (Å²) in [5.74, 6) is -0.625. The molecular formula is C3N12. The third-order valence-corrected chi connectivity index (χ3v) is 1.13. The number of hydrogen-bond donors (Lipinski definition) is 0. The molecule has 0 saturated carbocycles. The van der Waals surface area contributed by atoms with Crippen molar-refractivity contribution in [3.8, 4) is 0 Å². The number of nitrogens with zero attached hydrogens (tertiary/aromatic N) is 12. The van der Waals surface area contributed by atoms with E-state index in [-0.39, 0.29) is 17.3 Å². The Morgan fingerprint density at radius 1 is 0.800 bits per heavy atom. The van der Waals surface area contributed by atoms with Gasteiger partial charge >= 0.3 is 0 Å². The van der Waals surface area contributed by atoms with Crippen molar-refractivity contribution in [2.24, 2.45) is 15.3 Å². The van der Waals surface area contributed by atoms with Crippen LogP contribution in [-0.4, -0.2) is 15.4 Å². The van der Waals surface area contributed by atoms with Gasteiger partial charge < -0.3 is 0 Å². The molecule has 0 atom stereocenters. The molecule has 0 bridgehead atoms. The predicted molar refractivity (Wildman–Crippen MR) is 46.2 cm³/mol. The van der Waals surface area contributed by atoms with Crippen molar-refractivity contribution < 1.29 is 0 Å². The predicted octanol–water partition coefficient (Wildman–Crippen LogP) is 2.70. The van der Waals surface area contributed by atoms with E-state index < -0.39 is 0 Å². The molecule has 0 radical (unpaired) electrons. The van der Waals surface area contributed by atoms with Crippen molar-refractivity contribution in [3.63, 3.8) is 0 Å². The molecule has 0 aliphatic carbocycles. The second-order valence-electron chi connectivity index (χ2n) is 1.85. The fourth-order valence-electron chi connectivity index (χ4n) is 0.655. The Labute approximate surface area is 80.4 Å². The lowest BCUT2D eigenvalue weighted by Crippen LogP contribution is -1.86. The van der Waals surface area contributed by atoms with Crippen LogP contribution in [0.5, 0.6) is 0 Å². The lowest BCUT2D eigenvalue weighted by atomic mass is 10.5. The van der Waals surface area contributed by atoms with Crippen LogP contribution in [0, 0.1) is 0 Å². The van der Waals surface area contributed by atoms with Gasteiger partial charge in [-0.25, -0.2) is 0 Å². The highest BCUT2D eigenvalue weighted by molar-refractivity contribution is 5.67. The number of aromatic nitrogens is 3. The Kier molecular flexibility index (Phi) is 3.24. The molecule has 12 heteroatoms. The van der Waals surface area contributed by atoms with Gasteiger partial charge in [-0.05, 0) is 32.0 Å². The summed E-state index contributed by atoms with van der Waals surface area (Å²) in [5.41, 5.74) is 24.3. The minimum atomic E-state index is -0.312. The van der Waals surface area contributed by atoms with Gasteiger partial charge in [0.15, 0.2) is 11.6 Å². The van der Waals surface area contributed by atoms with E-state index in [1.54, 1.807) is 0 Å². The van der Waals surface area contributed by atoms with Crippen LogP contribution >= 0.6 is 0 Å². The molecule has 1 aromatic rings. The summed E-state index contributed by atoms with van der Waals surface area (Å²) in [5, 5.41) is 19.1. The molecule has 1 aromatic heterocycles. The SMILES string of the molecule is [N-]=[N+]=Nc1nnnc(N=[N+]=[N-])c1N=[N+]=[N-]. The molecule has 0 aliphatic heterocycles. The molecule has 0 unspecified atom stereocenters. The van der Waals surface area contributed by atoms with E-state index in [0.717, 1.165) is 0 Å². The zero-order chi connectivity index (χ0) is 11.1. The van der Waals surface area contributed by atoms with E-state index in [1.165, 1.54) is 0 Å². The molecule has 0 spiro atoms. The standard InChI is InChI=1S/C3N12/c4-12-7-1-2(8-13-5)10-15-11-3(1)9-14-6. The van der Waals surface area contributed by atoms with Gasteiger partial charge in [0.1, 0.15) is 0 Å². The van der Waals surface area contributed by atoms with Crippen LogP contribution in [-0.2, 0) is 0 Å². The van der Waals surface area contributed by atoms with E-state index in [4.69, 9.17) is 16.6 Å². The smallest absolute Gasteiger partial charge is 0.128 e. The van der Waals surface area contributed by atoms with E-state index in [1.807, 2.05) is 0 Å². The zero-order valence-corrected chi connectivity index (χ0v) is 6.87. The maximum absolute atomic E-state index is 8.22. The minimum Gasteiger partial charge on any atom is -0.128 e. The topological polar surface area (TPSA) is 185 Å². The van der Waals surface area contributed by atoms with Crippen LogP contribution < -0.4 is 0 Å². The molecule has 0 aliphatic rings. The first-order valence-electron chi connectivity index (χ1n) is 3.22. The number of hydrogen-bond acceptors (Lipinski definition) is 6. The Hall–Kier alpha value is -3.06. The van der Waals surface area contributed by atoms with Gasteiger partial charge in [0.05, 0.1) is 5.69 Å². The first-order valence-corrected chi connectivity index (χ1v) is 3.22. The first kappa shape index (κ1) is 10.0. The molecule has 1 heterocycles. The molecule has 0 saturated heterocycles. The molecule has 0 fully saturated rings. The Morgan fingerprint density at radius 2 is 1.27 bits per heavy atom. The van der Waals surface area contributed by atoms with Crippen LogP contribution in [0.15, 0.2) is 15.3 Å². The third kappa shape index (κ3) is 2.20. The fourth-order valence-corrected chi connectivity index (χ4v) is 0.655. The van der Waals surface area contributed by atoms with Gasteiger partial charge in [-0.15, -0.1) is 10.2 Å². The summed E-state index contributed by atoms with van der Waals surface area (Å²) < 4.78 is 0. The van der Waals surface area contributed by atoms with Crippen LogP contribution in [0.25, 0.3) is 31.3 Å². The van der Waals surface area contributed by atoms with E-state index in [2.05, 4.69) is 45.5 Å². The highest BCUT2D eigenvalue weighted by atomic mass is 15.4. The minimum absolute atomic E-state index is 0.275. The summed E-state index contributed by atoms with van der Waals surface area (Å²) in [4.78, 5) is 7.30. The average Bonchev–Trinajstić information content (AvgIpc) is 2.23. The van der Waals surface area contributed by atoms with Gasteiger partial charge in [0, 0.05) is 14.7 Å². The van der Waals surface area contributed by atoms with Crippen molar-refractivity contribution in [2.75, 3.05) is 0 Å². The highest BCUT2D eigenvalue weighted by Crippen LogP contribution is 2.33. The van der Waals surface area contributed by atoms with Gasteiger partial charge in [-0.2, -0.15) is 0 Å². The van der Waals surface area contributed by atoms with Gasteiger partial charge in [-0.3, -0.25) is 0 Å². The summed E-state index contributed by atoms with van der Waals surface area (Å²) >= 11 is 0. The average molecular weight is 204 g/mol. The van der Waals surface area contributed by atoms with Crippen molar-refractivity contribution in [3.05, 3.63) is 31.3 Å². The lowest BCUT2D eigenvalue weighted by molar-refractivity contribution is 0.862. The van der Waals surface area contributed by atoms with Crippen molar-refractivity contribution in [2.45, 2.75) is 0 Å². The molecular weight excluding hydrogens is 204 g/mol. The van der Waals surface area contributed by atoms with Crippen LogP contribution in [0.2, 0.25) is 0 Å². The third-order valence-electron chi connectivity index (χ3n) is 1.13. The Bertz CT molecular complexity index is 473. The number of rotatable bonds is 3. The Morgan fingerprint density at radius 3 is 1.67 bits per heavy atom. The molecule has 15 heavy (non-hydrogen) atoms. The molecule has 0 aromatic carbocycles. The summed E-state index contributed by atoms with van der Waals surface area (Å²) in [6, 6.07) is 0. The van der Waals surface area contributed by atoms with Crippen LogP contribution in [0.3, 0.4) is 0 Å². The highest BCUT2D eigenvalue weighted by Gasteiger charge is 2.07. The quantitative estimate of drug-likeness (QED) is 0.416. The van der Waals surface area contributed by atoms with Crippen LogP contribution in [0.4, 0.5) is 17.3 Å². The van der Waals surface area contributed by atoms with E-state index >= 15 is 0 Å². The second-order valence-corrected chi connectivity index (χ2v) is 1.85. The molecule has 72 valence electrons. The van der Waals surface area contributed by atoms with Gasteiger partial charge in [0.2, 0.25) is 0 Å². The van der Waals surface area contributed by atoms with Gasteiger partial charge in [0.25, 0.3) is 0 Å². The fraction of sp³-hybridized carbons (Fsp3) is 0. The second kappa shape index (κ2) is 4.84. The van der Waals surface area contributed by atoms with Gasteiger partial charge in [-0.1, -0.05) is 5.11 Å². The van der Waals surface area contributed by atoms with Crippen molar-refractivity contribution >= 4 is 17.3 Å². The maximum Gasteiger partial charge on any atom is 0.162 e.